The third-order valence-electron chi connectivity index (χ3n) is 4.58. The van der Waals surface area contributed by atoms with Gasteiger partial charge in [0.25, 0.3) is 11.8 Å². The largest absolute Gasteiger partial charge is 0.494 e. The van der Waals surface area contributed by atoms with Gasteiger partial charge in [-0.05, 0) is 49.2 Å². The van der Waals surface area contributed by atoms with Gasteiger partial charge >= 0.3 is 5.97 Å². The number of aromatic nitrogens is 1. The predicted molar refractivity (Wildman–Crippen MR) is 116 cm³/mol. The van der Waals surface area contributed by atoms with Crippen molar-refractivity contribution in [1.29, 1.82) is 0 Å². The standard InChI is InChI=1S/C23H25N3O5/c1-2-30-18-9-7-16(8-10-18)23(29)26-14-22(28)31-15-21(27)24-12-11-17-13-25-20-6-4-3-5-19(17)20/h3-10,13,25H,2,11-12,14-15H2,1H3,(H,24,27)(H,26,29). The molecule has 0 unspecified atom stereocenters. The van der Waals surface area contributed by atoms with Crippen LogP contribution in [0.4, 0.5) is 0 Å². The molecule has 0 saturated carbocycles. The molecule has 0 aliphatic carbocycles. The molecule has 0 aliphatic heterocycles. The Hall–Kier alpha value is -3.81. The first-order valence-electron chi connectivity index (χ1n) is 10.0. The monoisotopic (exact) mass is 423 g/mol. The third kappa shape index (κ3) is 6.33. The van der Waals surface area contributed by atoms with Crippen LogP contribution < -0.4 is 15.4 Å². The molecule has 3 N–H and O–H groups in total. The number of rotatable bonds is 10. The summed E-state index contributed by atoms with van der Waals surface area (Å²) >= 11 is 0. The van der Waals surface area contributed by atoms with E-state index in [2.05, 4.69) is 15.6 Å². The summed E-state index contributed by atoms with van der Waals surface area (Å²) in [5.74, 6) is -0.838. The Labute approximate surface area is 179 Å². The zero-order chi connectivity index (χ0) is 22.1. The highest BCUT2D eigenvalue weighted by Gasteiger charge is 2.11. The Morgan fingerprint density at radius 3 is 2.55 bits per heavy atom. The van der Waals surface area contributed by atoms with Crippen LogP contribution in [0.15, 0.2) is 54.7 Å². The molecule has 0 aliphatic rings. The quantitative estimate of drug-likeness (QED) is 0.433. The summed E-state index contributed by atoms with van der Waals surface area (Å²) < 4.78 is 10.2. The molecule has 0 bridgehead atoms. The van der Waals surface area contributed by atoms with E-state index in [1.807, 2.05) is 37.4 Å². The molecule has 0 spiro atoms. The lowest BCUT2D eigenvalue weighted by atomic mass is 10.1. The van der Waals surface area contributed by atoms with Crippen molar-refractivity contribution >= 4 is 28.7 Å². The number of carbonyl (C=O) groups is 3. The number of carbonyl (C=O) groups excluding carboxylic acids is 3. The predicted octanol–water partition coefficient (Wildman–Crippen LogP) is 2.20. The average Bonchev–Trinajstić information content (AvgIpc) is 3.20. The molecule has 0 radical (unpaired) electrons. The summed E-state index contributed by atoms with van der Waals surface area (Å²) in [6.45, 7) is 2.11. The van der Waals surface area contributed by atoms with E-state index in [1.54, 1.807) is 24.3 Å². The van der Waals surface area contributed by atoms with Crippen LogP contribution in [0, 0.1) is 0 Å². The lowest BCUT2D eigenvalue weighted by molar-refractivity contribution is -0.147. The molecule has 0 atom stereocenters. The van der Waals surface area contributed by atoms with E-state index in [4.69, 9.17) is 9.47 Å². The van der Waals surface area contributed by atoms with Gasteiger partial charge in [0, 0.05) is 29.2 Å². The minimum absolute atomic E-state index is 0.325. The molecule has 0 saturated heterocycles. The van der Waals surface area contributed by atoms with Crippen molar-refractivity contribution in [2.45, 2.75) is 13.3 Å². The van der Waals surface area contributed by atoms with Crippen molar-refractivity contribution in [3.8, 4) is 5.75 Å². The molecule has 162 valence electrons. The number of hydrogen-bond donors (Lipinski definition) is 3. The smallest absolute Gasteiger partial charge is 0.325 e. The second kappa shape index (κ2) is 10.8. The highest BCUT2D eigenvalue weighted by molar-refractivity contribution is 5.96. The number of para-hydroxylation sites is 1. The normalized spacial score (nSPS) is 10.5. The fourth-order valence-corrected chi connectivity index (χ4v) is 3.05. The number of fused-ring (bicyclic) bond motifs is 1. The maximum atomic E-state index is 12.1. The van der Waals surface area contributed by atoms with Crippen molar-refractivity contribution in [3.05, 3.63) is 65.9 Å². The van der Waals surface area contributed by atoms with Crippen LogP contribution in [-0.2, 0) is 20.7 Å². The molecule has 8 heteroatoms. The molecule has 0 fully saturated rings. The number of esters is 1. The summed E-state index contributed by atoms with van der Waals surface area (Å²) in [7, 11) is 0. The van der Waals surface area contributed by atoms with E-state index in [0.717, 1.165) is 16.5 Å². The summed E-state index contributed by atoms with van der Waals surface area (Å²) in [5, 5.41) is 6.30. The average molecular weight is 423 g/mol. The van der Waals surface area contributed by atoms with Gasteiger partial charge in [-0.15, -0.1) is 0 Å². The minimum atomic E-state index is -0.689. The van der Waals surface area contributed by atoms with Gasteiger partial charge in [0.05, 0.1) is 6.61 Å². The fraction of sp³-hybridized carbons (Fsp3) is 0.261. The fourth-order valence-electron chi connectivity index (χ4n) is 3.05. The summed E-state index contributed by atoms with van der Waals surface area (Å²) in [6, 6.07) is 14.5. The van der Waals surface area contributed by atoms with Crippen LogP contribution in [0.2, 0.25) is 0 Å². The van der Waals surface area contributed by atoms with E-state index in [-0.39, 0.29) is 6.54 Å². The number of amides is 2. The van der Waals surface area contributed by atoms with Gasteiger partial charge in [-0.1, -0.05) is 18.2 Å². The minimum Gasteiger partial charge on any atom is -0.494 e. The van der Waals surface area contributed by atoms with Crippen LogP contribution in [-0.4, -0.2) is 49.1 Å². The first kappa shape index (κ1) is 21.9. The second-order valence-corrected chi connectivity index (χ2v) is 6.76. The van der Waals surface area contributed by atoms with Gasteiger partial charge in [-0.2, -0.15) is 0 Å². The highest BCUT2D eigenvalue weighted by Crippen LogP contribution is 2.17. The zero-order valence-corrected chi connectivity index (χ0v) is 17.3. The van der Waals surface area contributed by atoms with Gasteiger partial charge < -0.3 is 25.1 Å². The van der Waals surface area contributed by atoms with Gasteiger partial charge in [0.15, 0.2) is 6.61 Å². The van der Waals surface area contributed by atoms with Crippen LogP contribution in [0.3, 0.4) is 0 Å². The number of H-pyrrole nitrogens is 1. The van der Waals surface area contributed by atoms with Crippen LogP contribution >= 0.6 is 0 Å². The summed E-state index contributed by atoms with van der Waals surface area (Å²) in [4.78, 5) is 38.9. The molecule has 31 heavy (non-hydrogen) atoms. The van der Waals surface area contributed by atoms with E-state index in [1.165, 1.54) is 0 Å². The molecule has 1 aromatic heterocycles. The van der Waals surface area contributed by atoms with Crippen LogP contribution in [0.25, 0.3) is 10.9 Å². The molecule has 3 aromatic rings. The molecular formula is C23H25N3O5. The van der Waals surface area contributed by atoms with E-state index in [0.29, 0.717) is 30.9 Å². The number of nitrogens with one attached hydrogen (secondary N) is 3. The first-order valence-corrected chi connectivity index (χ1v) is 10.0. The third-order valence-corrected chi connectivity index (χ3v) is 4.58. The Kier molecular flexibility index (Phi) is 7.64. The van der Waals surface area contributed by atoms with E-state index in [9.17, 15) is 14.4 Å². The first-order chi connectivity index (χ1) is 15.1. The van der Waals surface area contributed by atoms with Gasteiger partial charge in [0.1, 0.15) is 12.3 Å². The van der Waals surface area contributed by atoms with Crippen molar-refractivity contribution in [2.24, 2.45) is 0 Å². The number of hydrogen-bond acceptors (Lipinski definition) is 5. The van der Waals surface area contributed by atoms with Gasteiger partial charge in [-0.25, -0.2) is 0 Å². The Balaban J connectivity index is 1.33. The van der Waals surface area contributed by atoms with Crippen molar-refractivity contribution < 1.29 is 23.9 Å². The molecule has 1 heterocycles. The topological polar surface area (TPSA) is 110 Å². The maximum Gasteiger partial charge on any atom is 0.325 e. The van der Waals surface area contributed by atoms with Crippen molar-refractivity contribution in [3.63, 3.8) is 0 Å². The SMILES string of the molecule is CCOc1ccc(C(=O)NCC(=O)OCC(=O)NCCc2c[nH]c3ccccc23)cc1. The number of benzene rings is 2. The molecule has 2 amide bonds. The number of aromatic amines is 1. The molecule has 8 nitrogen and oxygen atoms in total. The van der Waals surface area contributed by atoms with Crippen molar-refractivity contribution in [2.75, 3.05) is 26.3 Å². The van der Waals surface area contributed by atoms with Crippen LogP contribution in [0.1, 0.15) is 22.8 Å². The Bertz CT molecular complexity index is 1040. The van der Waals surface area contributed by atoms with Crippen LogP contribution in [0.5, 0.6) is 5.75 Å². The van der Waals surface area contributed by atoms with Gasteiger partial charge in [0.2, 0.25) is 0 Å². The van der Waals surface area contributed by atoms with Gasteiger partial charge in [-0.3, -0.25) is 14.4 Å². The summed E-state index contributed by atoms with van der Waals surface area (Å²) in [6.07, 6.45) is 2.58. The molecule has 2 aromatic carbocycles. The Morgan fingerprint density at radius 2 is 1.77 bits per heavy atom. The lowest BCUT2D eigenvalue weighted by Gasteiger charge is -2.08. The maximum absolute atomic E-state index is 12.1. The number of ether oxygens (including phenoxy) is 2. The zero-order valence-electron chi connectivity index (χ0n) is 17.3. The molecular weight excluding hydrogens is 398 g/mol. The van der Waals surface area contributed by atoms with E-state index < -0.39 is 24.4 Å². The van der Waals surface area contributed by atoms with Crippen molar-refractivity contribution in [1.82, 2.24) is 15.6 Å². The second-order valence-electron chi connectivity index (χ2n) is 6.76. The Morgan fingerprint density at radius 1 is 1.00 bits per heavy atom. The molecule has 3 rings (SSSR count). The highest BCUT2D eigenvalue weighted by atomic mass is 16.5. The van der Waals surface area contributed by atoms with E-state index >= 15 is 0 Å². The lowest BCUT2D eigenvalue weighted by Crippen LogP contribution is -2.34. The summed E-state index contributed by atoms with van der Waals surface area (Å²) in [5.41, 5.74) is 2.54.